The molecule has 234 valence electrons. The summed E-state index contributed by atoms with van der Waals surface area (Å²) in [5.74, 6) is 0.720. The van der Waals surface area contributed by atoms with Gasteiger partial charge in [-0.3, -0.25) is 0 Å². The van der Waals surface area contributed by atoms with Crippen LogP contribution in [0.2, 0.25) is 0 Å². The Bertz CT molecular complexity index is 2590. The minimum atomic E-state index is -0.480. The molecule has 10 rings (SSSR count). The van der Waals surface area contributed by atoms with Crippen molar-refractivity contribution in [3.05, 3.63) is 204 Å². The average Bonchev–Trinajstić information content (AvgIpc) is 3.72. The lowest BCUT2D eigenvalue weighted by molar-refractivity contribution is 0.770. The SMILES string of the molecule is c1ccc(-c2cc(-c3ccc(C4(c5ccc6c(c5)sc5ccccc56)c5ccccc5-c5ccccc54)cc3)nc(-c3ccccc3)n2)cc1. The van der Waals surface area contributed by atoms with Crippen LogP contribution in [0.3, 0.4) is 0 Å². The number of benzene rings is 7. The maximum Gasteiger partial charge on any atom is 0.160 e. The first-order valence-corrected chi connectivity index (χ1v) is 17.8. The first kappa shape index (κ1) is 28.8. The summed E-state index contributed by atoms with van der Waals surface area (Å²) in [6.07, 6.45) is 0. The van der Waals surface area contributed by atoms with Crippen molar-refractivity contribution >= 4 is 31.5 Å². The van der Waals surface area contributed by atoms with E-state index in [1.54, 1.807) is 0 Å². The van der Waals surface area contributed by atoms with Crippen LogP contribution in [-0.2, 0) is 5.41 Å². The van der Waals surface area contributed by atoms with E-state index in [-0.39, 0.29) is 0 Å². The highest BCUT2D eigenvalue weighted by molar-refractivity contribution is 7.25. The molecule has 0 spiro atoms. The third kappa shape index (κ3) is 4.41. The molecule has 0 unspecified atom stereocenters. The Balaban J connectivity index is 1.18. The van der Waals surface area contributed by atoms with Crippen LogP contribution >= 0.6 is 11.3 Å². The highest BCUT2D eigenvalue weighted by atomic mass is 32.1. The topological polar surface area (TPSA) is 25.8 Å². The molecule has 7 aromatic carbocycles. The van der Waals surface area contributed by atoms with Crippen molar-refractivity contribution in [1.82, 2.24) is 9.97 Å². The Morgan fingerprint density at radius 3 is 1.58 bits per heavy atom. The monoisotopic (exact) mass is 654 g/mol. The van der Waals surface area contributed by atoms with Crippen LogP contribution < -0.4 is 0 Å². The predicted molar refractivity (Wildman–Crippen MR) is 209 cm³/mol. The molecule has 3 heteroatoms. The molecule has 0 amide bonds. The van der Waals surface area contributed by atoms with Crippen LogP contribution in [0.4, 0.5) is 0 Å². The van der Waals surface area contributed by atoms with Gasteiger partial charge in [-0.2, -0.15) is 0 Å². The Labute approximate surface area is 295 Å². The van der Waals surface area contributed by atoms with Gasteiger partial charge in [-0.1, -0.05) is 164 Å². The van der Waals surface area contributed by atoms with E-state index in [4.69, 9.17) is 9.97 Å². The van der Waals surface area contributed by atoms with Gasteiger partial charge in [-0.05, 0) is 51.6 Å². The van der Waals surface area contributed by atoms with Crippen LogP contribution in [0.1, 0.15) is 22.3 Å². The second-order valence-corrected chi connectivity index (χ2v) is 14.0. The van der Waals surface area contributed by atoms with Crippen molar-refractivity contribution in [2.24, 2.45) is 0 Å². The molecule has 1 aliphatic rings. The van der Waals surface area contributed by atoms with Crippen LogP contribution in [0, 0.1) is 0 Å². The highest BCUT2D eigenvalue weighted by Gasteiger charge is 2.46. The molecule has 2 nitrogen and oxygen atoms in total. The van der Waals surface area contributed by atoms with E-state index in [1.807, 2.05) is 35.6 Å². The molecular formula is C47H30N2S. The quantitative estimate of drug-likeness (QED) is 0.185. The van der Waals surface area contributed by atoms with Gasteiger partial charge in [0.15, 0.2) is 5.82 Å². The molecule has 0 bridgehead atoms. The minimum Gasteiger partial charge on any atom is -0.228 e. The van der Waals surface area contributed by atoms with Crippen molar-refractivity contribution in [3.8, 4) is 45.0 Å². The average molecular weight is 655 g/mol. The summed E-state index contributed by atoms with van der Waals surface area (Å²) in [5, 5.41) is 2.63. The molecule has 0 aliphatic heterocycles. The van der Waals surface area contributed by atoms with Gasteiger partial charge in [0.05, 0.1) is 16.8 Å². The van der Waals surface area contributed by atoms with E-state index in [9.17, 15) is 0 Å². The number of thiophene rings is 1. The van der Waals surface area contributed by atoms with Crippen molar-refractivity contribution in [3.63, 3.8) is 0 Å². The number of aromatic nitrogens is 2. The van der Waals surface area contributed by atoms with Crippen LogP contribution in [0.15, 0.2) is 182 Å². The van der Waals surface area contributed by atoms with Gasteiger partial charge < -0.3 is 0 Å². The second-order valence-electron chi connectivity index (χ2n) is 12.9. The standard InChI is InChI=1S/C47H30N2S/c1-3-13-31(14-4-1)42-30-43(49-46(48-42)33-15-5-2-6-16-33)32-23-25-34(26-24-32)47(40-20-10-7-17-36(40)37-18-8-11-21-41(37)47)35-27-28-39-38-19-9-12-22-44(38)50-45(39)29-35/h1-30H. The minimum absolute atomic E-state index is 0.480. The summed E-state index contributed by atoms with van der Waals surface area (Å²) in [5.41, 5.74) is 12.2. The zero-order valence-electron chi connectivity index (χ0n) is 27.1. The van der Waals surface area contributed by atoms with Gasteiger partial charge >= 0.3 is 0 Å². The maximum atomic E-state index is 5.12. The first-order valence-electron chi connectivity index (χ1n) is 17.0. The molecule has 50 heavy (non-hydrogen) atoms. The largest absolute Gasteiger partial charge is 0.228 e. The molecule has 0 atom stereocenters. The van der Waals surface area contributed by atoms with Gasteiger partial charge in [0.2, 0.25) is 0 Å². The zero-order valence-corrected chi connectivity index (χ0v) is 27.9. The third-order valence-corrected chi connectivity index (χ3v) is 11.3. The van der Waals surface area contributed by atoms with Crippen molar-refractivity contribution in [2.75, 3.05) is 0 Å². The molecule has 0 radical (unpaired) electrons. The van der Waals surface area contributed by atoms with Crippen molar-refractivity contribution < 1.29 is 0 Å². The molecule has 1 aliphatic carbocycles. The van der Waals surface area contributed by atoms with Crippen molar-refractivity contribution in [1.29, 1.82) is 0 Å². The molecule has 9 aromatic rings. The Morgan fingerprint density at radius 1 is 0.380 bits per heavy atom. The lowest BCUT2D eigenvalue weighted by atomic mass is 9.67. The zero-order chi connectivity index (χ0) is 33.1. The van der Waals surface area contributed by atoms with E-state index in [1.165, 1.54) is 53.6 Å². The summed E-state index contributed by atoms with van der Waals surface area (Å²) >= 11 is 1.88. The van der Waals surface area contributed by atoms with Gasteiger partial charge in [0.25, 0.3) is 0 Å². The molecule has 0 N–H and O–H groups in total. The molecular weight excluding hydrogens is 625 g/mol. The lowest BCUT2D eigenvalue weighted by Crippen LogP contribution is -2.28. The first-order chi connectivity index (χ1) is 24.8. The van der Waals surface area contributed by atoms with Crippen LogP contribution in [0.25, 0.3) is 65.2 Å². The lowest BCUT2D eigenvalue weighted by Gasteiger charge is -2.34. The molecule has 2 heterocycles. The maximum absolute atomic E-state index is 5.12. The van der Waals surface area contributed by atoms with E-state index in [0.717, 1.165) is 33.9 Å². The van der Waals surface area contributed by atoms with Gasteiger partial charge in [0.1, 0.15) is 0 Å². The second kappa shape index (κ2) is 11.5. The summed E-state index contributed by atoms with van der Waals surface area (Å²) in [7, 11) is 0. The number of rotatable bonds is 5. The normalized spacial score (nSPS) is 13.0. The number of hydrogen-bond acceptors (Lipinski definition) is 3. The van der Waals surface area contributed by atoms with E-state index < -0.39 is 5.41 Å². The fraction of sp³-hybridized carbons (Fsp3) is 0.0213. The van der Waals surface area contributed by atoms with Gasteiger partial charge in [-0.25, -0.2) is 9.97 Å². The fourth-order valence-corrected chi connectivity index (χ4v) is 9.09. The molecule has 0 saturated carbocycles. The van der Waals surface area contributed by atoms with Crippen molar-refractivity contribution in [2.45, 2.75) is 5.41 Å². The summed E-state index contributed by atoms with van der Waals surface area (Å²) in [4.78, 5) is 10.1. The fourth-order valence-electron chi connectivity index (χ4n) is 7.94. The molecule has 2 aromatic heterocycles. The Morgan fingerprint density at radius 2 is 0.900 bits per heavy atom. The predicted octanol–water partition coefficient (Wildman–Crippen LogP) is 12.2. The van der Waals surface area contributed by atoms with E-state index in [0.29, 0.717) is 0 Å². The number of nitrogens with zero attached hydrogens (tertiary/aromatic N) is 2. The Hall–Kier alpha value is -6.16. The van der Waals surface area contributed by atoms with E-state index in [2.05, 4.69) is 158 Å². The number of hydrogen-bond donors (Lipinski definition) is 0. The van der Waals surface area contributed by atoms with Gasteiger partial charge in [-0.15, -0.1) is 11.3 Å². The van der Waals surface area contributed by atoms with Gasteiger partial charge in [0, 0.05) is 36.9 Å². The van der Waals surface area contributed by atoms with E-state index >= 15 is 0 Å². The highest BCUT2D eigenvalue weighted by Crippen LogP contribution is 2.56. The summed E-state index contributed by atoms with van der Waals surface area (Å²) in [6, 6.07) is 65.6. The summed E-state index contributed by atoms with van der Waals surface area (Å²) < 4.78 is 2.63. The number of fused-ring (bicyclic) bond motifs is 6. The summed E-state index contributed by atoms with van der Waals surface area (Å²) in [6.45, 7) is 0. The third-order valence-electron chi connectivity index (χ3n) is 10.2. The molecule has 0 fully saturated rings. The smallest absolute Gasteiger partial charge is 0.160 e. The van der Waals surface area contributed by atoms with Crippen LogP contribution in [0.5, 0.6) is 0 Å². The molecule has 0 saturated heterocycles. The van der Waals surface area contributed by atoms with Crippen LogP contribution in [-0.4, -0.2) is 9.97 Å². The Kier molecular flexibility index (Phi) is 6.61.